The summed E-state index contributed by atoms with van der Waals surface area (Å²) in [4.78, 5) is 22.6. The second kappa shape index (κ2) is 3.70. The highest BCUT2D eigenvalue weighted by atomic mass is 32.2. The molecule has 1 aliphatic rings. The smallest absolute Gasteiger partial charge is 0.408 e. The third-order valence-electron chi connectivity index (χ3n) is 1.96. The minimum absolute atomic E-state index is 0.00846. The van der Waals surface area contributed by atoms with Gasteiger partial charge in [-0.05, 0) is 34.6 Å². The van der Waals surface area contributed by atoms with Crippen LogP contribution in [-0.2, 0) is 9.53 Å². The molecule has 5 heteroatoms. The highest BCUT2D eigenvalue weighted by Crippen LogP contribution is 2.41. The molecular weight excluding hydrogens is 214 g/mol. The van der Waals surface area contributed by atoms with E-state index in [-0.39, 0.29) is 9.86 Å². The Bertz CT molecular complexity index is 294. The minimum Gasteiger partial charge on any atom is -0.444 e. The third-order valence-corrected chi connectivity index (χ3v) is 3.15. The number of nitrogens with one attached hydrogen (secondary N) is 1. The topological polar surface area (TPSA) is 55.4 Å². The van der Waals surface area contributed by atoms with Gasteiger partial charge in [0.1, 0.15) is 11.6 Å². The van der Waals surface area contributed by atoms with Crippen molar-refractivity contribution in [2.24, 2.45) is 0 Å². The van der Waals surface area contributed by atoms with Gasteiger partial charge in [-0.3, -0.25) is 4.79 Å². The first-order chi connectivity index (χ1) is 6.62. The number of carbonyl (C=O) groups excluding carboxylic acids is 2. The summed E-state index contributed by atoms with van der Waals surface area (Å²) >= 11 is 1.24. The van der Waals surface area contributed by atoms with Gasteiger partial charge in [-0.1, -0.05) is 11.8 Å². The summed E-state index contributed by atoms with van der Waals surface area (Å²) in [5.41, 5.74) is -0.534. The van der Waals surface area contributed by atoms with Gasteiger partial charge in [0.25, 0.3) is 0 Å². The number of hydrogen-bond donors (Lipinski definition) is 1. The van der Waals surface area contributed by atoms with Gasteiger partial charge < -0.3 is 10.1 Å². The highest BCUT2D eigenvalue weighted by Gasteiger charge is 2.49. The predicted molar refractivity (Wildman–Crippen MR) is 59.8 cm³/mol. The molecule has 0 saturated carbocycles. The fourth-order valence-electron chi connectivity index (χ4n) is 1.26. The molecule has 0 bridgehead atoms. The van der Waals surface area contributed by atoms with Gasteiger partial charge >= 0.3 is 6.09 Å². The predicted octanol–water partition coefficient (Wildman–Crippen LogP) is 1.93. The van der Waals surface area contributed by atoms with Gasteiger partial charge in [-0.25, -0.2) is 4.79 Å². The van der Waals surface area contributed by atoms with Crippen LogP contribution in [0.2, 0.25) is 0 Å². The van der Waals surface area contributed by atoms with Crippen molar-refractivity contribution >= 4 is 23.0 Å². The minimum atomic E-state index is -0.534. The van der Waals surface area contributed by atoms with Gasteiger partial charge in [0, 0.05) is 4.75 Å². The maximum Gasteiger partial charge on any atom is 0.408 e. The molecule has 1 fully saturated rings. The molecule has 0 aromatic heterocycles. The zero-order valence-corrected chi connectivity index (χ0v) is 10.5. The molecule has 0 radical (unpaired) electrons. The van der Waals surface area contributed by atoms with Crippen LogP contribution in [0.5, 0.6) is 0 Å². The van der Waals surface area contributed by atoms with Crippen LogP contribution < -0.4 is 5.32 Å². The Morgan fingerprint density at radius 1 is 1.47 bits per heavy atom. The van der Waals surface area contributed by atoms with Crippen LogP contribution in [0.3, 0.4) is 0 Å². The fourth-order valence-corrected chi connectivity index (χ4v) is 2.35. The van der Waals surface area contributed by atoms with Crippen LogP contribution in [0.1, 0.15) is 34.6 Å². The fraction of sp³-hybridized carbons (Fsp3) is 0.800. The molecule has 1 rings (SSSR count). The van der Waals surface area contributed by atoms with Crippen molar-refractivity contribution in [3.05, 3.63) is 0 Å². The van der Waals surface area contributed by atoms with E-state index >= 15 is 0 Å². The second-order valence-electron chi connectivity index (χ2n) is 5.10. The van der Waals surface area contributed by atoms with E-state index in [9.17, 15) is 9.59 Å². The summed E-state index contributed by atoms with van der Waals surface area (Å²) in [6.07, 6.45) is -0.533. The average molecular weight is 231 g/mol. The summed E-state index contributed by atoms with van der Waals surface area (Å²) in [7, 11) is 0. The summed E-state index contributed by atoms with van der Waals surface area (Å²) in [5, 5.41) is 2.57. The number of thioether (sulfide) groups is 1. The highest BCUT2D eigenvalue weighted by molar-refractivity contribution is 8.17. The van der Waals surface area contributed by atoms with E-state index in [1.54, 1.807) is 20.8 Å². The number of carbonyl (C=O) groups is 2. The monoisotopic (exact) mass is 231 g/mol. The van der Waals surface area contributed by atoms with E-state index in [0.29, 0.717) is 0 Å². The van der Waals surface area contributed by atoms with Crippen molar-refractivity contribution in [2.45, 2.75) is 51.0 Å². The average Bonchev–Trinajstić information content (AvgIpc) is 1.96. The van der Waals surface area contributed by atoms with Crippen LogP contribution in [0, 0.1) is 0 Å². The van der Waals surface area contributed by atoms with Crippen molar-refractivity contribution in [1.82, 2.24) is 5.32 Å². The van der Waals surface area contributed by atoms with Crippen molar-refractivity contribution < 1.29 is 14.3 Å². The Morgan fingerprint density at radius 3 is 2.33 bits per heavy atom. The number of ether oxygens (including phenoxy) is 1. The first-order valence-corrected chi connectivity index (χ1v) is 5.66. The normalized spacial score (nSPS) is 24.3. The van der Waals surface area contributed by atoms with Crippen molar-refractivity contribution in [3.63, 3.8) is 0 Å². The molecule has 1 heterocycles. The Labute approximate surface area is 94.1 Å². The molecule has 15 heavy (non-hydrogen) atoms. The molecular formula is C10H17NO3S. The lowest BCUT2D eigenvalue weighted by molar-refractivity contribution is -0.115. The maximum absolute atomic E-state index is 11.4. The molecule has 86 valence electrons. The number of alkyl carbamates (subject to hydrolysis) is 1. The lowest BCUT2D eigenvalue weighted by atomic mass is 10.0. The zero-order valence-electron chi connectivity index (χ0n) is 9.71. The Morgan fingerprint density at radius 2 is 2.00 bits per heavy atom. The van der Waals surface area contributed by atoms with Crippen LogP contribution in [0.25, 0.3) is 0 Å². The largest absolute Gasteiger partial charge is 0.444 e. The van der Waals surface area contributed by atoms with E-state index in [1.807, 2.05) is 13.8 Å². The molecule has 1 atom stereocenters. The SMILES string of the molecule is CC(C)(C)OC(=O)N[C@@H]1C(=O)SC1(C)C. The molecule has 0 aliphatic carbocycles. The lowest BCUT2D eigenvalue weighted by Gasteiger charge is -2.41. The molecule has 0 aromatic carbocycles. The molecule has 1 saturated heterocycles. The van der Waals surface area contributed by atoms with Gasteiger partial charge in [0.15, 0.2) is 0 Å². The maximum atomic E-state index is 11.4. The van der Waals surface area contributed by atoms with E-state index in [1.165, 1.54) is 11.8 Å². The summed E-state index contributed by atoms with van der Waals surface area (Å²) < 4.78 is 4.85. The Balaban J connectivity index is 2.49. The lowest BCUT2D eigenvalue weighted by Crippen LogP contribution is -2.60. The number of amides is 1. The summed E-state index contributed by atoms with van der Waals surface area (Å²) in [6, 6.07) is -0.433. The van der Waals surface area contributed by atoms with Crippen LogP contribution in [0.15, 0.2) is 0 Å². The molecule has 0 unspecified atom stereocenters. The van der Waals surface area contributed by atoms with Crippen LogP contribution in [-0.4, -0.2) is 27.6 Å². The van der Waals surface area contributed by atoms with E-state index in [4.69, 9.17) is 4.74 Å². The molecule has 4 nitrogen and oxygen atoms in total. The first-order valence-electron chi connectivity index (χ1n) is 4.84. The van der Waals surface area contributed by atoms with Crippen molar-refractivity contribution in [2.75, 3.05) is 0 Å². The zero-order chi connectivity index (χ0) is 11.9. The molecule has 0 aromatic rings. The quantitative estimate of drug-likeness (QED) is 0.749. The van der Waals surface area contributed by atoms with Crippen molar-refractivity contribution in [1.29, 1.82) is 0 Å². The van der Waals surface area contributed by atoms with Gasteiger partial charge in [-0.15, -0.1) is 0 Å². The molecule has 1 aliphatic heterocycles. The third kappa shape index (κ3) is 3.12. The Hall–Kier alpha value is -0.710. The first kappa shape index (κ1) is 12.4. The standard InChI is InChI=1S/C10H17NO3S/c1-9(2,3)14-8(13)11-6-7(12)15-10(6,4)5/h6H,1-5H3,(H,11,13)/t6-/m1/s1. The second-order valence-corrected chi connectivity index (χ2v) is 6.76. The summed E-state index contributed by atoms with van der Waals surface area (Å²) in [6.45, 7) is 9.20. The number of hydrogen-bond acceptors (Lipinski definition) is 4. The van der Waals surface area contributed by atoms with E-state index < -0.39 is 17.7 Å². The van der Waals surface area contributed by atoms with E-state index in [2.05, 4.69) is 5.32 Å². The van der Waals surface area contributed by atoms with Gasteiger partial charge in [-0.2, -0.15) is 0 Å². The van der Waals surface area contributed by atoms with Gasteiger partial charge in [0.2, 0.25) is 5.12 Å². The van der Waals surface area contributed by atoms with Gasteiger partial charge in [0.05, 0.1) is 0 Å². The van der Waals surface area contributed by atoms with E-state index in [0.717, 1.165) is 0 Å². The number of rotatable bonds is 1. The summed E-state index contributed by atoms with van der Waals surface area (Å²) in [5.74, 6) is 0. The Kier molecular flexibility index (Phi) is 3.05. The van der Waals surface area contributed by atoms with Crippen molar-refractivity contribution in [3.8, 4) is 0 Å². The van der Waals surface area contributed by atoms with Crippen LogP contribution in [0.4, 0.5) is 4.79 Å². The molecule has 0 spiro atoms. The molecule has 1 amide bonds. The van der Waals surface area contributed by atoms with Crippen LogP contribution >= 0.6 is 11.8 Å². The molecule has 1 N–H and O–H groups in total.